The normalized spacial score (nSPS) is 25.2. The molecule has 10 nitrogen and oxygen atoms in total. The first-order valence-electron chi connectivity index (χ1n) is 12.7. The van der Waals surface area contributed by atoms with Gasteiger partial charge < -0.3 is 20.3 Å². The van der Waals surface area contributed by atoms with Crippen molar-refractivity contribution in [3.8, 4) is 0 Å². The van der Waals surface area contributed by atoms with Gasteiger partial charge in [0.05, 0.1) is 33.5 Å². The molecule has 11 heteroatoms. The summed E-state index contributed by atoms with van der Waals surface area (Å²) >= 11 is 0. The van der Waals surface area contributed by atoms with Crippen molar-refractivity contribution in [2.75, 3.05) is 49.3 Å². The summed E-state index contributed by atoms with van der Waals surface area (Å²) in [4.78, 5) is 14.9. The van der Waals surface area contributed by atoms with E-state index in [4.69, 9.17) is 20.4 Å². The second kappa shape index (κ2) is 8.67. The van der Waals surface area contributed by atoms with Crippen molar-refractivity contribution in [3.63, 3.8) is 0 Å². The number of aromatic nitrogens is 4. The second-order valence-corrected chi connectivity index (χ2v) is 12.8. The standard InChI is InChI=1S/C25H34N8O2S/c1-16-22(26)25(15-35-16)9-12-32(13-10-25)20-14-28-21-23(29-20)30-31-24(21)33-11-5-6-17-18(33)7-4-8-19(17)36(3,34)27-2/h4,7-8,14,16,22H,5-6,9-13,15,26H2,1-3H3,(H,29,30,31)/t16-,22+,36+/m0/s1. The Kier molecular flexibility index (Phi) is 5.69. The monoisotopic (exact) mass is 510 g/mol. The van der Waals surface area contributed by atoms with E-state index in [1.54, 1.807) is 13.3 Å². The van der Waals surface area contributed by atoms with E-state index in [2.05, 4.69) is 37.3 Å². The average Bonchev–Trinajstić information content (AvgIpc) is 3.45. The largest absolute Gasteiger partial charge is 0.376 e. The molecule has 1 aromatic carbocycles. The molecule has 0 amide bonds. The third kappa shape index (κ3) is 3.67. The zero-order chi connectivity index (χ0) is 25.1. The maximum Gasteiger partial charge on any atom is 0.183 e. The van der Waals surface area contributed by atoms with Gasteiger partial charge in [-0.1, -0.05) is 6.07 Å². The van der Waals surface area contributed by atoms with Crippen LogP contribution < -0.4 is 15.5 Å². The van der Waals surface area contributed by atoms with Gasteiger partial charge in [-0.25, -0.2) is 18.5 Å². The van der Waals surface area contributed by atoms with Crippen molar-refractivity contribution in [3.05, 3.63) is 30.0 Å². The number of hydrogen-bond acceptors (Lipinski definition) is 9. The molecule has 5 heterocycles. The number of aromatic amines is 1. The quantitative estimate of drug-likeness (QED) is 0.551. The number of ether oxygens (including phenoxy) is 1. The van der Waals surface area contributed by atoms with E-state index >= 15 is 0 Å². The number of H-pyrrole nitrogens is 1. The molecule has 3 aliphatic rings. The maximum absolute atomic E-state index is 13.1. The third-order valence-electron chi connectivity index (χ3n) is 8.39. The predicted octanol–water partition coefficient (Wildman–Crippen LogP) is 2.86. The van der Waals surface area contributed by atoms with E-state index in [0.29, 0.717) is 5.65 Å². The molecule has 0 unspecified atom stereocenters. The molecule has 3 aliphatic heterocycles. The lowest BCUT2D eigenvalue weighted by Crippen LogP contribution is -2.50. The van der Waals surface area contributed by atoms with Crippen LogP contribution in [0, 0.1) is 5.41 Å². The summed E-state index contributed by atoms with van der Waals surface area (Å²) < 4.78 is 23.1. The number of benzene rings is 1. The first-order chi connectivity index (χ1) is 17.3. The first kappa shape index (κ1) is 23.6. The smallest absolute Gasteiger partial charge is 0.183 e. The number of nitrogens with zero attached hydrogens (tertiary/aromatic N) is 6. The van der Waals surface area contributed by atoms with Crippen LogP contribution in [-0.4, -0.2) is 76.1 Å². The van der Waals surface area contributed by atoms with Gasteiger partial charge in [0.25, 0.3) is 0 Å². The van der Waals surface area contributed by atoms with E-state index in [-0.39, 0.29) is 17.6 Å². The Labute approximate surface area is 211 Å². The van der Waals surface area contributed by atoms with Crippen LogP contribution >= 0.6 is 0 Å². The molecule has 0 saturated carbocycles. The average molecular weight is 511 g/mol. The van der Waals surface area contributed by atoms with Crippen LogP contribution in [0.4, 0.5) is 17.3 Å². The highest BCUT2D eigenvalue weighted by molar-refractivity contribution is 7.93. The molecule has 1 spiro atoms. The van der Waals surface area contributed by atoms with Crippen LogP contribution in [0.15, 0.2) is 33.7 Å². The van der Waals surface area contributed by atoms with Crippen LogP contribution in [-0.2, 0) is 20.9 Å². The first-order valence-corrected chi connectivity index (χ1v) is 14.6. The summed E-state index contributed by atoms with van der Waals surface area (Å²) in [5.74, 6) is 1.60. The van der Waals surface area contributed by atoms with Gasteiger partial charge in [-0.15, -0.1) is 0 Å². The van der Waals surface area contributed by atoms with Crippen molar-refractivity contribution >= 4 is 38.2 Å². The molecule has 2 saturated heterocycles. The van der Waals surface area contributed by atoms with Crippen LogP contribution in [0.1, 0.15) is 31.7 Å². The Balaban J connectivity index is 1.28. The van der Waals surface area contributed by atoms with Gasteiger partial charge in [0.15, 0.2) is 17.0 Å². The fourth-order valence-corrected chi connectivity index (χ4v) is 7.23. The summed E-state index contributed by atoms with van der Waals surface area (Å²) in [6.45, 7) is 5.39. The maximum atomic E-state index is 13.1. The minimum Gasteiger partial charge on any atom is -0.376 e. The second-order valence-electron chi connectivity index (χ2n) is 10.4. The lowest BCUT2D eigenvalue weighted by molar-refractivity contribution is 0.0974. The Morgan fingerprint density at radius 3 is 2.81 bits per heavy atom. The van der Waals surface area contributed by atoms with Crippen LogP contribution in [0.25, 0.3) is 11.2 Å². The van der Waals surface area contributed by atoms with Gasteiger partial charge in [-0.2, -0.15) is 5.10 Å². The predicted molar refractivity (Wildman–Crippen MR) is 141 cm³/mol. The number of hydrogen-bond donors (Lipinski definition) is 2. The van der Waals surface area contributed by atoms with Crippen LogP contribution in [0.5, 0.6) is 0 Å². The van der Waals surface area contributed by atoms with Gasteiger partial charge in [0, 0.05) is 50.1 Å². The fourth-order valence-electron chi connectivity index (χ4n) is 6.04. The van der Waals surface area contributed by atoms with Crippen LogP contribution in [0.2, 0.25) is 0 Å². The van der Waals surface area contributed by atoms with Crippen LogP contribution in [0.3, 0.4) is 0 Å². The molecule has 2 aromatic heterocycles. The van der Waals surface area contributed by atoms with Crippen molar-refractivity contribution in [1.82, 2.24) is 20.2 Å². The molecule has 36 heavy (non-hydrogen) atoms. The minimum atomic E-state index is -2.44. The molecule has 0 aliphatic carbocycles. The van der Waals surface area contributed by atoms with Gasteiger partial charge >= 0.3 is 0 Å². The number of rotatable bonds is 3. The van der Waals surface area contributed by atoms with E-state index < -0.39 is 9.73 Å². The van der Waals surface area contributed by atoms with Crippen molar-refractivity contribution in [1.29, 1.82) is 0 Å². The fraction of sp³-hybridized carbons (Fsp3) is 0.560. The van der Waals surface area contributed by atoms with E-state index in [1.165, 1.54) is 0 Å². The van der Waals surface area contributed by atoms with E-state index in [1.807, 2.05) is 18.3 Å². The van der Waals surface area contributed by atoms with Gasteiger partial charge in [-0.05, 0) is 50.3 Å². The van der Waals surface area contributed by atoms with Gasteiger partial charge in [0.1, 0.15) is 5.82 Å². The summed E-state index contributed by atoms with van der Waals surface area (Å²) in [5, 5.41) is 7.73. The molecule has 0 bridgehead atoms. The van der Waals surface area contributed by atoms with Gasteiger partial charge in [-0.3, -0.25) is 5.10 Å². The zero-order valence-corrected chi connectivity index (χ0v) is 21.9. The number of fused-ring (bicyclic) bond motifs is 2. The summed E-state index contributed by atoms with van der Waals surface area (Å²) in [6, 6.07) is 6.03. The number of nitrogens with two attached hydrogens (primary N) is 1. The Bertz CT molecular complexity index is 1420. The lowest BCUT2D eigenvalue weighted by Gasteiger charge is -2.41. The Hall–Kier alpha value is -2.76. The van der Waals surface area contributed by atoms with E-state index in [9.17, 15) is 4.21 Å². The minimum absolute atomic E-state index is 0.0715. The van der Waals surface area contributed by atoms with Crippen molar-refractivity contribution in [2.24, 2.45) is 15.5 Å². The van der Waals surface area contributed by atoms with E-state index in [0.717, 1.165) is 85.2 Å². The van der Waals surface area contributed by atoms with Crippen molar-refractivity contribution < 1.29 is 8.95 Å². The number of anilines is 3. The van der Waals surface area contributed by atoms with Gasteiger partial charge in [0.2, 0.25) is 0 Å². The molecule has 2 fully saturated rings. The molecule has 3 aromatic rings. The molecule has 6 rings (SSSR count). The number of nitrogens with one attached hydrogen (secondary N) is 1. The van der Waals surface area contributed by atoms with Crippen molar-refractivity contribution in [2.45, 2.75) is 49.6 Å². The molecule has 0 radical (unpaired) electrons. The summed E-state index contributed by atoms with van der Waals surface area (Å²) in [6.07, 6.45) is 7.45. The lowest BCUT2D eigenvalue weighted by atomic mass is 9.73. The molecule has 192 valence electrons. The Morgan fingerprint density at radius 2 is 2.08 bits per heavy atom. The summed E-state index contributed by atoms with van der Waals surface area (Å²) in [7, 11) is -0.816. The topological polar surface area (TPSA) is 126 Å². The highest BCUT2D eigenvalue weighted by Crippen LogP contribution is 2.42. The Morgan fingerprint density at radius 1 is 1.28 bits per heavy atom. The molecule has 3 atom stereocenters. The molecular weight excluding hydrogens is 476 g/mol. The SMILES string of the molecule is CN=[S@](C)(=O)c1cccc2c1CCCN2c1n[nH]c2nc(N3CCC4(CC3)CO[C@@H](C)[C@H]4N)cnc12. The molecular formula is C25H34N8O2S. The summed E-state index contributed by atoms with van der Waals surface area (Å²) in [5.41, 5.74) is 10.1. The highest BCUT2D eigenvalue weighted by Gasteiger charge is 2.47. The molecule has 3 N–H and O–H groups in total. The zero-order valence-electron chi connectivity index (χ0n) is 21.1. The number of piperidine rings is 1. The highest BCUT2D eigenvalue weighted by atomic mass is 32.2. The third-order valence-corrected chi connectivity index (χ3v) is 10.3.